The van der Waals surface area contributed by atoms with E-state index in [0.29, 0.717) is 6.42 Å². The number of hydrogen-bond acceptors (Lipinski definition) is 10. The smallest absolute Gasteiger partial charge is 0.249 e. The summed E-state index contributed by atoms with van der Waals surface area (Å²) < 4.78 is 0. The van der Waals surface area contributed by atoms with Crippen molar-refractivity contribution < 1.29 is 24.0 Å². The standard InChI is InChI=1S/C26H53N17O5/c1-14(44)40-20(46)16(7-3-11-37-24(30)31)42-22(48)18(9-5-13-39-26(34)35)43-21(47)17(8-4-12-38-25(32)33)41-19(45)15(27)6-2-10-36-23(28)29/h15-18H,2-13,27H2,1H3,(H,41,45)(H,42,48)(H,43,47)(H4,28,29,36)(H4,30,31,37)(H4,32,33,38)(H4,34,35,39)(H,40,44,46)/t15-,16-,17-,18-/m0/s1. The zero-order valence-corrected chi connectivity index (χ0v) is 27.3. The van der Waals surface area contributed by atoms with Crippen LogP contribution in [0.25, 0.3) is 0 Å². The van der Waals surface area contributed by atoms with Crippen LogP contribution in [0.4, 0.5) is 0 Å². The van der Waals surface area contributed by atoms with E-state index in [1.165, 1.54) is 0 Å². The van der Waals surface area contributed by atoms with Gasteiger partial charge in [-0.15, -0.1) is 0 Å². The third-order valence-corrected chi connectivity index (χ3v) is 6.34. The van der Waals surface area contributed by atoms with Gasteiger partial charge in [0.1, 0.15) is 18.1 Å². The third-order valence-electron chi connectivity index (χ3n) is 6.34. The first-order valence-electron chi connectivity index (χ1n) is 15.2. The number of nitrogens with two attached hydrogens (primary N) is 9. The molecule has 0 aromatic carbocycles. The maximum atomic E-state index is 13.6. The van der Waals surface area contributed by atoms with Gasteiger partial charge in [0.25, 0.3) is 0 Å². The molecule has 0 saturated heterocycles. The van der Waals surface area contributed by atoms with Crippen molar-refractivity contribution in [2.45, 2.75) is 82.5 Å². The molecule has 0 spiro atoms. The first kappa shape index (κ1) is 42.6. The molecule has 0 aromatic heterocycles. The van der Waals surface area contributed by atoms with Gasteiger partial charge >= 0.3 is 0 Å². The molecule has 0 fully saturated rings. The van der Waals surface area contributed by atoms with Crippen molar-refractivity contribution in [1.29, 1.82) is 0 Å². The van der Waals surface area contributed by atoms with Crippen molar-refractivity contribution >= 4 is 53.4 Å². The summed E-state index contributed by atoms with van der Waals surface area (Å²) in [6, 6.07) is -4.55. The Balaban J connectivity index is 6.02. The number of nitrogens with one attached hydrogen (secondary N) is 4. The summed E-state index contributed by atoms with van der Waals surface area (Å²) >= 11 is 0. The normalized spacial score (nSPS) is 12.9. The molecule has 4 atom stereocenters. The minimum absolute atomic E-state index is 0.0301. The second-order valence-electron chi connectivity index (χ2n) is 10.6. The first-order chi connectivity index (χ1) is 22.5. The number of carbonyl (C=O) groups is 5. The van der Waals surface area contributed by atoms with Crippen LogP contribution in [-0.2, 0) is 24.0 Å². The van der Waals surface area contributed by atoms with Gasteiger partial charge in [-0.1, -0.05) is 0 Å². The van der Waals surface area contributed by atoms with Gasteiger partial charge in [0.05, 0.1) is 6.04 Å². The SMILES string of the molecule is CC(=O)NC(=O)[C@H](CCCN=C(N)N)NC(=O)[C@H](CCCN=C(N)N)NC(=O)[C@H](CCCN=C(N)N)NC(=O)[C@@H](N)CCCN=C(N)N. The van der Waals surface area contributed by atoms with Gasteiger partial charge in [-0.25, -0.2) is 0 Å². The van der Waals surface area contributed by atoms with Crippen molar-refractivity contribution in [3.63, 3.8) is 0 Å². The van der Waals surface area contributed by atoms with E-state index in [1.54, 1.807) is 0 Å². The Kier molecular flexibility index (Phi) is 21.2. The van der Waals surface area contributed by atoms with Crippen LogP contribution in [0, 0.1) is 0 Å². The van der Waals surface area contributed by atoms with E-state index in [2.05, 4.69) is 41.2 Å². The Morgan fingerprint density at radius 1 is 0.479 bits per heavy atom. The summed E-state index contributed by atoms with van der Waals surface area (Å²) in [5.41, 5.74) is 48.9. The molecule has 22 nitrogen and oxygen atoms in total. The molecule has 0 aliphatic rings. The number of carbonyl (C=O) groups excluding carboxylic acids is 5. The first-order valence-corrected chi connectivity index (χ1v) is 15.2. The van der Waals surface area contributed by atoms with E-state index in [-0.39, 0.29) is 95.0 Å². The van der Waals surface area contributed by atoms with Crippen molar-refractivity contribution in [3.8, 4) is 0 Å². The van der Waals surface area contributed by atoms with Gasteiger partial charge in [0.2, 0.25) is 29.5 Å². The summed E-state index contributed by atoms with van der Waals surface area (Å²) in [5, 5.41) is 9.95. The molecule has 22 N–H and O–H groups in total. The minimum Gasteiger partial charge on any atom is -0.370 e. The molecule has 0 unspecified atom stereocenters. The Bertz CT molecular complexity index is 1170. The largest absolute Gasteiger partial charge is 0.370 e. The van der Waals surface area contributed by atoms with Crippen LogP contribution in [0.1, 0.15) is 58.3 Å². The molecule has 0 bridgehead atoms. The number of amides is 5. The Hall–Kier alpha value is -5.41. The number of aliphatic imine (C=N–C) groups is 4. The lowest BCUT2D eigenvalue weighted by atomic mass is 10.0. The molecule has 0 saturated carbocycles. The molecular formula is C26H53N17O5. The van der Waals surface area contributed by atoms with E-state index in [9.17, 15) is 24.0 Å². The zero-order chi connectivity index (χ0) is 36.6. The fourth-order valence-electron chi connectivity index (χ4n) is 4.05. The Morgan fingerprint density at radius 2 is 0.771 bits per heavy atom. The average Bonchev–Trinajstić information content (AvgIpc) is 2.98. The molecule has 0 radical (unpaired) electrons. The quantitative estimate of drug-likeness (QED) is 0.0271. The van der Waals surface area contributed by atoms with Crippen LogP contribution in [0.3, 0.4) is 0 Å². The van der Waals surface area contributed by atoms with Crippen LogP contribution in [0.15, 0.2) is 20.0 Å². The number of imide groups is 1. The van der Waals surface area contributed by atoms with E-state index in [1.807, 2.05) is 0 Å². The predicted molar refractivity (Wildman–Crippen MR) is 182 cm³/mol. The van der Waals surface area contributed by atoms with Gasteiger partial charge < -0.3 is 67.6 Å². The van der Waals surface area contributed by atoms with Crippen LogP contribution in [-0.4, -0.2) is 104 Å². The molecule has 272 valence electrons. The zero-order valence-electron chi connectivity index (χ0n) is 27.3. The Labute approximate surface area is 279 Å². The maximum Gasteiger partial charge on any atom is 0.249 e. The third kappa shape index (κ3) is 21.3. The van der Waals surface area contributed by atoms with Gasteiger partial charge in [-0.3, -0.25) is 49.3 Å². The highest BCUT2D eigenvalue weighted by Crippen LogP contribution is 2.07. The maximum absolute atomic E-state index is 13.6. The minimum atomic E-state index is -1.22. The molecule has 0 aromatic rings. The molecule has 22 heteroatoms. The molecule has 0 heterocycles. The second kappa shape index (κ2) is 23.9. The lowest BCUT2D eigenvalue weighted by molar-refractivity contribution is -0.135. The van der Waals surface area contributed by atoms with Crippen molar-refractivity contribution in [2.24, 2.45) is 71.6 Å². The van der Waals surface area contributed by atoms with Crippen LogP contribution in [0.2, 0.25) is 0 Å². The summed E-state index contributed by atoms with van der Waals surface area (Å²) in [7, 11) is 0. The lowest BCUT2D eigenvalue weighted by Gasteiger charge is -2.26. The van der Waals surface area contributed by atoms with Crippen LogP contribution < -0.4 is 72.9 Å². The van der Waals surface area contributed by atoms with Gasteiger partial charge in [0.15, 0.2) is 23.8 Å². The fourth-order valence-corrected chi connectivity index (χ4v) is 4.05. The highest BCUT2D eigenvalue weighted by Gasteiger charge is 2.30. The highest BCUT2D eigenvalue weighted by molar-refractivity contribution is 5.99. The van der Waals surface area contributed by atoms with Gasteiger partial charge in [-0.2, -0.15) is 0 Å². The summed E-state index contributed by atoms with van der Waals surface area (Å²) in [6.07, 6.45) is 1.57. The van der Waals surface area contributed by atoms with Gasteiger partial charge in [-0.05, 0) is 51.4 Å². The van der Waals surface area contributed by atoms with Crippen molar-refractivity contribution in [2.75, 3.05) is 26.2 Å². The van der Waals surface area contributed by atoms with Crippen LogP contribution in [0.5, 0.6) is 0 Å². The summed E-state index contributed by atoms with van der Waals surface area (Å²) in [6.45, 7) is 1.82. The fraction of sp³-hybridized carbons (Fsp3) is 0.654. The number of nitrogens with zero attached hydrogens (tertiary/aromatic N) is 4. The monoisotopic (exact) mass is 683 g/mol. The average molecular weight is 684 g/mol. The van der Waals surface area contributed by atoms with E-state index in [4.69, 9.17) is 51.6 Å². The Morgan fingerprint density at radius 3 is 1.08 bits per heavy atom. The molecule has 48 heavy (non-hydrogen) atoms. The lowest BCUT2D eigenvalue weighted by Crippen LogP contribution is -2.58. The van der Waals surface area contributed by atoms with Gasteiger partial charge in [0, 0.05) is 33.1 Å². The topological polar surface area (TPSA) is 417 Å². The van der Waals surface area contributed by atoms with E-state index in [0.717, 1.165) is 6.92 Å². The van der Waals surface area contributed by atoms with E-state index < -0.39 is 53.7 Å². The predicted octanol–water partition coefficient (Wildman–Crippen LogP) is -6.35. The van der Waals surface area contributed by atoms with Crippen molar-refractivity contribution in [1.82, 2.24) is 21.3 Å². The van der Waals surface area contributed by atoms with E-state index >= 15 is 0 Å². The second-order valence-corrected chi connectivity index (χ2v) is 10.6. The summed E-state index contributed by atoms with van der Waals surface area (Å²) in [4.78, 5) is 79.7. The molecular weight excluding hydrogens is 630 g/mol. The molecule has 0 aliphatic heterocycles. The number of hydrogen-bond donors (Lipinski definition) is 13. The van der Waals surface area contributed by atoms with Crippen LogP contribution >= 0.6 is 0 Å². The molecule has 0 rings (SSSR count). The summed E-state index contributed by atoms with van der Waals surface area (Å²) in [5.74, 6) is -4.08. The highest BCUT2D eigenvalue weighted by atomic mass is 16.2. The molecule has 0 aliphatic carbocycles. The number of guanidine groups is 4. The molecule has 5 amide bonds. The van der Waals surface area contributed by atoms with Crippen molar-refractivity contribution in [3.05, 3.63) is 0 Å². The number of rotatable bonds is 23.